The number of nitrogens with one attached hydrogen (secondary N) is 1. The Kier molecular flexibility index (Phi) is 2.58. The van der Waals surface area contributed by atoms with E-state index in [-0.39, 0.29) is 11.2 Å². The Morgan fingerprint density at radius 3 is 2.71 bits per heavy atom. The van der Waals surface area contributed by atoms with E-state index in [1.165, 1.54) is 0 Å². The van der Waals surface area contributed by atoms with Crippen LogP contribution in [0.2, 0.25) is 0 Å². The molecule has 1 saturated carbocycles. The van der Waals surface area contributed by atoms with E-state index in [2.05, 4.69) is 19.2 Å². The van der Waals surface area contributed by atoms with Crippen LogP contribution < -0.4 is 5.32 Å². The molecule has 0 aromatic heterocycles. The Morgan fingerprint density at radius 2 is 2.14 bits per heavy atom. The van der Waals surface area contributed by atoms with Crippen LogP contribution in [-0.2, 0) is 9.47 Å². The van der Waals surface area contributed by atoms with Crippen LogP contribution in [0.3, 0.4) is 0 Å². The van der Waals surface area contributed by atoms with Gasteiger partial charge in [-0.2, -0.15) is 0 Å². The summed E-state index contributed by atoms with van der Waals surface area (Å²) >= 11 is 0. The molecule has 2 fully saturated rings. The topological polar surface area (TPSA) is 30.5 Å². The molecule has 3 nitrogen and oxygen atoms in total. The van der Waals surface area contributed by atoms with Crippen molar-refractivity contribution in [2.24, 2.45) is 0 Å². The van der Waals surface area contributed by atoms with Gasteiger partial charge in [0.1, 0.15) is 0 Å². The predicted octanol–water partition coefficient (Wildman–Crippen LogP) is 1.32. The first kappa shape index (κ1) is 10.4. The van der Waals surface area contributed by atoms with E-state index in [0.717, 1.165) is 32.4 Å². The Morgan fingerprint density at radius 1 is 1.43 bits per heavy atom. The normalized spacial score (nSPS) is 47.8. The third kappa shape index (κ3) is 1.69. The number of hydrogen-bond donors (Lipinski definition) is 1. The van der Waals surface area contributed by atoms with Crippen LogP contribution in [0.5, 0.6) is 0 Å². The maximum absolute atomic E-state index is 6.24. The molecule has 82 valence electrons. The van der Waals surface area contributed by atoms with Crippen molar-refractivity contribution in [3.05, 3.63) is 0 Å². The van der Waals surface area contributed by atoms with Gasteiger partial charge < -0.3 is 14.8 Å². The number of methoxy groups -OCH3 is 1. The smallest absolute Gasteiger partial charge is 0.0863 e. The van der Waals surface area contributed by atoms with Gasteiger partial charge in [0.25, 0.3) is 0 Å². The zero-order valence-electron chi connectivity index (χ0n) is 9.43. The fraction of sp³-hybridized carbons (Fsp3) is 1.00. The van der Waals surface area contributed by atoms with Crippen LogP contribution in [0.4, 0.5) is 0 Å². The van der Waals surface area contributed by atoms with Gasteiger partial charge in [-0.3, -0.25) is 0 Å². The molecular formula is C11H21NO2. The molecule has 1 saturated heterocycles. The van der Waals surface area contributed by atoms with Crippen LogP contribution in [-0.4, -0.2) is 37.5 Å². The van der Waals surface area contributed by atoms with Gasteiger partial charge in [-0.15, -0.1) is 0 Å². The second-order valence-corrected chi connectivity index (χ2v) is 4.96. The molecular weight excluding hydrogens is 178 g/mol. The van der Waals surface area contributed by atoms with Gasteiger partial charge in [0.05, 0.1) is 17.3 Å². The number of ether oxygens (including phenoxy) is 2. The maximum Gasteiger partial charge on any atom is 0.0863 e. The largest absolute Gasteiger partial charge is 0.381 e. The Labute approximate surface area is 86.2 Å². The third-order valence-corrected chi connectivity index (χ3v) is 3.69. The number of morpholine rings is 1. The van der Waals surface area contributed by atoms with E-state index in [4.69, 9.17) is 9.47 Å². The summed E-state index contributed by atoms with van der Waals surface area (Å²) in [7, 11) is 1.78. The Hall–Kier alpha value is -0.120. The van der Waals surface area contributed by atoms with E-state index in [1.54, 1.807) is 7.11 Å². The lowest BCUT2D eigenvalue weighted by atomic mass is 9.75. The lowest BCUT2D eigenvalue weighted by Gasteiger charge is -2.54. The summed E-state index contributed by atoms with van der Waals surface area (Å²) in [6.45, 7) is 6.35. The van der Waals surface area contributed by atoms with Crippen molar-refractivity contribution in [2.75, 3.05) is 20.2 Å². The minimum atomic E-state index is 0.0248. The van der Waals surface area contributed by atoms with Crippen molar-refractivity contribution < 1.29 is 9.47 Å². The molecule has 0 aromatic rings. The molecule has 2 aliphatic rings. The van der Waals surface area contributed by atoms with Crippen LogP contribution in [0.15, 0.2) is 0 Å². The van der Waals surface area contributed by atoms with Gasteiger partial charge in [-0.1, -0.05) is 6.92 Å². The first-order valence-corrected chi connectivity index (χ1v) is 5.55. The molecule has 1 atom stereocenters. The van der Waals surface area contributed by atoms with Crippen LogP contribution in [0.1, 0.15) is 33.1 Å². The summed E-state index contributed by atoms with van der Waals surface area (Å²) in [5, 5.41) is 3.48. The van der Waals surface area contributed by atoms with Crippen molar-refractivity contribution in [2.45, 2.75) is 50.4 Å². The highest BCUT2D eigenvalue weighted by Crippen LogP contribution is 2.42. The van der Waals surface area contributed by atoms with Gasteiger partial charge in [0, 0.05) is 33.0 Å². The molecule has 14 heavy (non-hydrogen) atoms. The molecule has 1 aliphatic heterocycles. The molecule has 1 N–H and O–H groups in total. The molecule has 0 aromatic carbocycles. The summed E-state index contributed by atoms with van der Waals surface area (Å²) < 4.78 is 11.5. The highest BCUT2D eigenvalue weighted by molar-refractivity contribution is 5.03. The van der Waals surface area contributed by atoms with Gasteiger partial charge in [0.15, 0.2) is 0 Å². The molecule has 1 spiro atoms. The van der Waals surface area contributed by atoms with Crippen molar-refractivity contribution in [3.63, 3.8) is 0 Å². The molecule has 0 amide bonds. The maximum atomic E-state index is 6.24. The van der Waals surface area contributed by atoms with Crippen LogP contribution in [0.25, 0.3) is 0 Å². The molecule has 1 heterocycles. The summed E-state index contributed by atoms with van der Waals surface area (Å²) in [5.74, 6) is 0. The van der Waals surface area contributed by atoms with E-state index in [0.29, 0.717) is 6.10 Å². The Balaban J connectivity index is 1.96. The van der Waals surface area contributed by atoms with E-state index in [1.807, 2.05) is 0 Å². The average Bonchev–Trinajstić information content (AvgIpc) is 2.14. The molecule has 0 bridgehead atoms. The first-order valence-electron chi connectivity index (χ1n) is 5.55. The quantitative estimate of drug-likeness (QED) is 0.727. The zero-order valence-corrected chi connectivity index (χ0v) is 9.43. The summed E-state index contributed by atoms with van der Waals surface area (Å²) in [5.41, 5.74) is 0.0979. The highest BCUT2D eigenvalue weighted by Gasteiger charge is 2.51. The molecule has 1 aliphatic carbocycles. The highest BCUT2D eigenvalue weighted by atomic mass is 16.5. The van der Waals surface area contributed by atoms with E-state index < -0.39 is 0 Å². The standard InChI is InChI=1S/C11H21NO2/c1-4-10(2)7-12-8-11(14-10)5-9(6-11)13-3/h9,12H,4-8H2,1-3H3. The zero-order chi connectivity index (χ0) is 10.2. The van der Waals surface area contributed by atoms with Crippen molar-refractivity contribution in [1.29, 1.82) is 0 Å². The summed E-state index contributed by atoms with van der Waals surface area (Å²) in [6, 6.07) is 0. The predicted molar refractivity (Wildman–Crippen MR) is 55.4 cm³/mol. The van der Waals surface area contributed by atoms with Crippen molar-refractivity contribution in [3.8, 4) is 0 Å². The average molecular weight is 199 g/mol. The van der Waals surface area contributed by atoms with Gasteiger partial charge >= 0.3 is 0 Å². The monoisotopic (exact) mass is 199 g/mol. The first-order chi connectivity index (χ1) is 6.61. The molecule has 2 rings (SSSR count). The number of hydrogen-bond acceptors (Lipinski definition) is 3. The van der Waals surface area contributed by atoms with Crippen molar-refractivity contribution in [1.82, 2.24) is 5.32 Å². The summed E-state index contributed by atoms with van der Waals surface area (Å²) in [6.07, 6.45) is 3.58. The van der Waals surface area contributed by atoms with Crippen molar-refractivity contribution >= 4 is 0 Å². The molecule has 0 radical (unpaired) electrons. The van der Waals surface area contributed by atoms with Crippen LogP contribution >= 0.6 is 0 Å². The van der Waals surface area contributed by atoms with Gasteiger partial charge in [0.2, 0.25) is 0 Å². The van der Waals surface area contributed by atoms with Gasteiger partial charge in [-0.25, -0.2) is 0 Å². The minimum Gasteiger partial charge on any atom is -0.381 e. The van der Waals surface area contributed by atoms with E-state index >= 15 is 0 Å². The molecule has 1 unspecified atom stereocenters. The SMILES string of the molecule is CCC1(C)CNCC2(CC(OC)C2)O1. The minimum absolute atomic E-state index is 0.0248. The lowest BCUT2D eigenvalue weighted by Crippen LogP contribution is -2.65. The fourth-order valence-corrected chi connectivity index (χ4v) is 2.51. The van der Waals surface area contributed by atoms with E-state index in [9.17, 15) is 0 Å². The summed E-state index contributed by atoms with van der Waals surface area (Å²) in [4.78, 5) is 0. The fourth-order valence-electron chi connectivity index (χ4n) is 2.51. The third-order valence-electron chi connectivity index (χ3n) is 3.69. The Bertz CT molecular complexity index is 213. The van der Waals surface area contributed by atoms with Gasteiger partial charge in [-0.05, 0) is 13.3 Å². The van der Waals surface area contributed by atoms with Crippen LogP contribution in [0, 0.1) is 0 Å². The molecule has 3 heteroatoms. The number of rotatable bonds is 2. The lowest BCUT2D eigenvalue weighted by molar-refractivity contribution is -0.237. The second-order valence-electron chi connectivity index (χ2n) is 4.96. The second kappa shape index (κ2) is 3.47.